The molecule has 2 aliphatic carbocycles. The van der Waals surface area contributed by atoms with Crippen LogP contribution in [0.15, 0.2) is 22.7 Å². The zero-order chi connectivity index (χ0) is 13.4. The molecule has 1 aromatic rings. The maximum absolute atomic E-state index is 5.83. The van der Waals surface area contributed by atoms with Gasteiger partial charge < -0.3 is 0 Å². The van der Waals surface area contributed by atoms with Crippen LogP contribution in [0, 0.1) is 24.7 Å². The number of aryl methyl sites for hydroxylation is 1. The molecule has 1 aromatic carbocycles. The van der Waals surface area contributed by atoms with Crippen molar-refractivity contribution >= 4 is 15.9 Å². The molecule has 19 heavy (non-hydrogen) atoms. The van der Waals surface area contributed by atoms with Crippen LogP contribution in [0.3, 0.4) is 0 Å². The lowest BCUT2D eigenvalue weighted by molar-refractivity contribution is 0.280. The molecule has 2 saturated carbocycles. The first-order valence-corrected chi connectivity index (χ1v) is 8.19. The molecule has 0 aliphatic heterocycles. The van der Waals surface area contributed by atoms with E-state index in [0.29, 0.717) is 0 Å². The van der Waals surface area contributed by atoms with Gasteiger partial charge in [0.2, 0.25) is 0 Å². The van der Waals surface area contributed by atoms with Crippen molar-refractivity contribution in [2.75, 3.05) is 0 Å². The third-order valence-corrected chi connectivity index (χ3v) is 5.87. The van der Waals surface area contributed by atoms with Gasteiger partial charge in [-0.3, -0.25) is 11.3 Å². The van der Waals surface area contributed by atoms with E-state index in [2.05, 4.69) is 46.5 Å². The summed E-state index contributed by atoms with van der Waals surface area (Å²) in [7, 11) is 0. The molecule has 0 radical (unpaired) electrons. The van der Waals surface area contributed by atoms with Gasteiger partial charge in [0.05, 0.1) is 0 Å². The van der Waals surface area contributed by atoms with Gasteiger partial charge in [-0.2, -0.15) is 0 Å². The van der Waals surface area contributed by atoms with Crippen LogP contribution in [0.5, 0.6) is 0 Å². The molecule has 0 heterocycles. The highest BCUT2D eigenvalue weighted by molar-refractivity contribution is 9.10. The average Bonchev–Trinajstić information content (AvgIpc) is 3.01. The maximum Gasteiger partial charge on any atom is 0.0474 e. The normalized spacial score (nSPS) is 30.8. The Kier molecular flexibility index (Phi) is 3.97. The third kappa shape index (κ3) is 2.74. The lowest BCUT2D eigenvalue weighted by atomic mass is 9.83. The molecule has 4 unspecified atom stereocenters. The zero-order valence-electron chi connectivity index (χ0n) is 11.5. The van der Waals surface area contributed by atoms with E-state index in [0.717, 1.165) is 17.8 Å². The Hall–Kier alpha value is -0.380. The predicted octanol–water partition coefficient (Wildman–Crippen LogP) is 4.09. The number of nitrogens with one attached hydrogen (secondary N) is 1. The highest BCUT2D eigenvalue weighted by Gasteiger charge is 2.40. The van der Waals surface area contributed by atoms with E-state index in [1.807, 2.05) is 0 Å². The molecule has 0 saturated heterocycles. The summed E-state index contributed by atoms with van der Waals surface area (Å²) in [5, 5.41) is 0. The van der Waals surface area contributed by atoms with Gasteiger partial charge in [-0.25, -0.2) is 0 Å². The Labute approximate surface area is 124 Å². The van der Waals surface area contributed by atoms with Crippen LogP contribution in [0.1, 0.15) is 49.3 Å². The smallest absolute Gasteiger partial charge is 0.0474 e. The number of benzene rings is 1. The van der Waals surface area contributed by atoms with E-state index >= 15 is 0 Å². The van der Waals surface area contributed by atoms with Crippen molar-refractivity contribution in [3.05, 3.63) is 33.8 Å². The summed E-state index contributed by atoms with van der Waals surface area (Å²) < 4.78 is 1.17. The third-order valence-electron chi connectivity index (χ3n) is 5.15. The standard InChI is InChI=1S/C16H23BrN2/c1-10-2-5-15(17)14(6-10)16(19-18)9-13-8-11-3-4-12(13)7-11/h2,5-6,11-13,16,19H,3-4,7-9,18H2,1H3. The second kappa shape index (κ2) is 5.55. The Morgan fingerprint density at radius 2 is 2.21 bits per heavy atom. The summed E-state index contributed by atoms with van der Waals surface area (Å²) in [6.07, 6.45) is 6.99. The van der Waals surface area contributed by atoms with Crippen LogP contribution >= 0.6 is 15.9 Å². The molecule has 0 amide bonds. The molecular formula is C16H23BrN2. The van der Waals surface area contributed by atoms with Crippen LogP contribution in [0.4, 0.5) is 0 Å². The molecule has 104 valence electrons. The van der Waals surface area contributed by atoms with Crippen molar-refractivity contribution in [3.63, 3.8) is 0 Å². The number of halogens is 1. The number of nitrogens with two attached hydrogens (primary N) is 1. The number of hydrogen-bond acceptors (Lipinski definition) is 2. The minimum Gasteiger partial charge on any atom is -0.271 e. The van der Waals surface area contributed by atoms with Gasteiger partial charge in [0.15, 0.2) is 0 Å². The van der Waals surface area contributed by atoms with Crippen LogP contribution in [0.25, 0.3) is 0 Å². The van der Waals surface area contributed by atoms with Crippen molar-refractivity contribution < 1.29 is 0 Å². The zero-order valence-corrected chi connectivity index (χ0v) is 13.1. The first kappa shape index (κ1) is 13.6. The van der Waals surface area contributed by atoms with Crippen molar-refractivity contribution in [1.82, 2.24) is 5.43 Å². The summed E-state index contributed by atoms with van der Waals surface area (Å²) in [5.74, 6) is 8.67. The monoisotopic (exact) mass is 322 g/mol. The molecule has 2 bridgehead atoms. The SMILES string of the molecule is Cc1ccc(Br)c(C(CC2CC3CCC2C3)NN)c1. The highest BCUT2D eigenvalue weighted by Crippen LogP contribution is 2.51. The minimum absolute atomic E-state index is 0.277. The number of rotatable bonds is 4. The largest absolute Gasteiger partial charge is 0.271 e. The van der Waals surface area contributed by atoms with Gasteiger partial charge in [-0.1, -0.05) is 40.0 Å². The molecule has 0 spiro atoms. The fourth-order valence-corrected chi connectivity index (χ4v) is 4.71. The van der Waals surface area contributed by atoms with Crippen LogP contribution < -0.4 is 11.3 Å². The molecule has 0 aromatic heterocycles. The molecule has 3 rings (SSSR count). The Balaban J connectivity index is 1.75. The maximum atomic E-state index is 5.83. The Morgan fingerprint density at radius 1 is 1.37 bits per heavy atom. The molecule has 2 nitrogen and oxygen atoms in total. The molecule has 3 N–H and O–H groups in total. The topological polar surface area (TPSA) is 38.0 Å². The summed E-state index contributed by atoms with van der Waals surface area (Å²) in [5.41, 5.74) is 5.65. The van der Waals surface area contributed by atoms with Crippen LogP contribution in [0.2, 0.25) is 0 Å². The van der Waals surface area contributed by atoms with E-state index in [1.54, 1.807) is 0 Å². The Morgan fingerprint density at radius 3 is 2.84 bits per heavy atom. The second-order valence-corrected chi connectivity index (χ2v) is 7.27. The van der Waals surface area contributed by atoms with E-state index in [-0.39, 0.29) is 6.04 Å². The molecule has 2 aliphatic rings. The minimum atomic E-state index is 0.277. The van der Waals surface area contributed by atoms with Gasteiger partial charge in [-0.15, -0.1) is 0 Å². The predicted molar refractivity (Wildman–Crippen MR) is 82.5 cm³/mol. The highest BCUT2D eigenvalue weighted by atomic mass is 79.9. The molecule has 2 fully saturated rings. The van der Waals surface area contributed by atoms with E-state index in [1.165, 1.54) is 47.7 Å². The van der Waals surface area contributed by atoms with Crippen LogP contribution in [-0.2, 0) is 0 Å². The van der Waals surface area contributed by atoms with Gasteiger partial charge >= 0.3 is 0 Å². The lowest BCUT2D eigenvalue weighted by Crippen LogP contribution is -2.31. The second-order valence-electron chi connectivity index (χ2n) is 6.41. The van der Waals surface area contributed by atoms with Gasteiger partial charge in [0.1, 0.15) is 0 Å². The number of hydrazine groups is 1. The molecule has 3 heteroatoms. The summed E-state index contributed by atoms with van der Waals surface area (Å²) in [4.78, 5) is 0. The number of hydrogen-bond donors (Lipinski definition) is 2. The van der Waals surface area contributed by atoms with Gasteiger partial charge in [-0.05, 0) is 62.0 Å². The molecular weight excluding hydrogens is 300 g/mol. The Bertz CT molecular complexity index is 460. The lowest BCUT2D eigenvalue weighted by Gasteiger charge is -2.27. The van der Waals surface area contributed by atoms with E-state index in [9.17, 15) is 0 Å². The van der Waals surface area contributed by atoms with E-state index in [4.69, 9.17) is 5.84 Å². The first-order valence-electron chi connectivity index (χ1n) is 7.39. The summed E-state index contributed by atoms with van der Waals surface area (Å²) in [6, 6.07) is 6.80. The van der Waals surface area contributed by atoms with Crippen LogP contribution in [-0.4, -0.2) is 0 Å². The molecule has 4 atom stereocenters. The number of fused-ring (bicyclic) bond motifs is 2. The fraction of sp³-hybridized carbons (Fsp3) is 0.625. The quantitative estimate of drug-likeness (QED) is 0.647. The van der Waals surface area contributed by atoms with Crippen molar-refractivity contribution in [2.45, 2.75) is 45.1 Å². The average molecular weight is 323 g/mol. The fourth-order valence-electron chi connectivity index (χ4n) is 4.18. The summed E-state index contributed by atoms with van der Waals surface area (Å²) >= 11 is 3.67. The summed E-state index contributed by atoms with van der Waals surface area (Å²) in [6.45, 7) is 2.14. The van der Waals surface area contributed by atoms with Gasteiger partial charge in [0, 0.05) is 10.5 Å². The van der Waals surface area contributed by atoms with Gasteiger partial charge in [0.25, 0.3) is 0 Å². The van der Waals surface area contributed by atoms with Crippen molar-refractivity contribution in [3.8, 4) is 0 Å². The van der Waals surface area contributed by atoms with Crippen molar-refractivity contribution in [1.29, 1.82) is 0 Å². The first-order chi connectivity index (χ1) is 9.17. The van der Waals surface area contributed by atoms with Crippen molar-refractivity contribution in [2.24, 2.45) is 23.6 Å². The van der Waals surface area contributed by atoms with E-state index < -0.39 is 0 Å².